The number of hydrogen-bond acceptors (Lipinski definition) is 4. The fourth-order valence-electron chi connectivity index (χ4n) is 2.20. The van der Waals surface area contributed by atoms with Crippen molar-refractivity contribution in [1.29, 1.82) is 0 Å². The normalized spacial score (nSPS) is 10.9. The van der Waals surface area contributed by atoms with Crippen LogP contribution in [0.1, 0.15) is 36.7 Å². The predicted molar refractivity (Wildman–Crippen MR) is 97.0 cm³/mol. The SMILES string of the molecule is COC(=O)c1ccc(OCC(=O)Nc2ccc(C(C)(C)C)cc2)cc1. The highest BCUT2D eigenvalue weighted by atomic mass is 16.5. The summed E-state index contributed by atoms with van der Waals surface area (Å²) < 4.78 is 10.0. The zero-order valence-electron chi connectivity index (χ0n) is 15.0. The van der Waals surface area contributed by atoms with Crippen molar-refractivity contribution >= 4 is 17.6 Å². The average molecular weight is 341 g/mol. The lowest BCUT2D eigenvalue weighted by molar-refractivity contribution is -0.118. The van der Waals surface area contributed by atoms with Crippen molar-refractivity contribution in [3.8, 4) is 5.75 Å². The maximum Gasteiger partial charge on any atom is 0.337 e. The number of carbonyl (C=O) groups is 2. The molecule has 0 spiro atoms. The highest BCUT2D eigenvalue weighted by molar-refractivity contribution is 5.92. The average Bonchev–Trinajstić information content (AvgIpc) is 2.59. The number of rotatable bonds is 5. The van der Waals surface area contributed by atoms with Gasteiger partial charge in [-0.05, 0) is 47.4 Å². The van der Waals surface area contributed by atoms with Crippen LogP contribution in [0, 0.1) is 0 Å². The van der Waals surface area contributed by atoms with Gasteiger partial charge in [-0.25, -0.2) is 4.79 Å². The Hall–Kier alpha value is -2.82. The standard InChI is InChI=1S/C20H23NO4/c1-20(2,3)15-7-9-16(10-8-15)21-18(22)13-25-17-11-5-14(6-12-17)19(23)24-4/h5-12H,13H2,1-4H3,(H,21,22). The fourth-order valence-corrected chi connectivity index (χ4v) is 2.20. The van der Waals surface area contributed by atoms with Gasteiger partial charge in [0.2, 0.25) is 0 Å². The van der Waals surface area contributed by atoms with Crippen LogP contribution in [0.4, 0.5) is 5.69 Å². The van der Waals surface area contributed by atoms with Crippen LogP contribution in [0.5, 0.6) is 5.75 Å². The Morgan fingerprint density at radius 2 is 1.56 bits per heavy atom. The molecule has 1 amide bonds. The van der Waals surface area contributed by atoms with Crippen molar-refractivity contribution in [3.63, 3.8) is 0 Å². The van der Waals surface area contributed by atoms with E-state index < -0.39 is 5.97 Å². The second kappa shape index (κ2) is 7.83. The monoisotopic (exact) mass is 341 g/mol. The number of hydrogen-bond donors (Lipinski definition) is 1. The minimum Gasteiger partial charge on any atom is -0.484 e. The van der Waals surface area contributed by atoms with Gasteiger partial charge >= 0.3 is 5.97 Å². The molecule has 0 aliphatic heterocycles. The molecule has 0 radical (unpaired) electrons. The van der Waals surface area contributed by atoms with Crippen molar-refractivity contribution in [3.05, 3.63) is 59.7 Å². The Morgan fingerprint density at radius 1 is 0.960 bits per heavy atom. The summed E-state index contributed by atoms with van der Waals surface area (Å²) in [7, 11) is 1.32. The highest BCUT2D eigenvalue weighted by Crippen LogP contribution is 2.23. The third-order valence-electron chi connectivity index (χ3n) is 3.68. The first-order chi connectivity index (χ1) is 11.8. The first-order valence-electron chi connectivity index (χ1n) is 8.01. The summed E-state index contributed by atoms with van der Waals surface area (Å²) in [6, 6.07) is 14.2. The smallest absolute Gasteiger partial charge is 0.337 e. The Bertz CT molecular complexity index is 728. The quantitative estimate of drug-likeness (QED) is 0.841. The number of carbonyl (C=O) groups excluding carboxylic acids is 2. The molecule has 0 heterocycles. The van der Waals surface area contributed by atoms with E-state index in [4.69, 9.17) is 4.74 Å². The van der Waals surface area contributed by atoms with Crippen LogP contribution in [-0.2, 0) is 14.9 Å². The van der Waals surface area contributed by atoms with E-state index in [0.717, 1.165) is 5.69 Å². The number of esters is 1. The van der Waals surface area contributed by atoms with Gasteiger partial charge < -0.3 is 14.8 Å². The summed E-state index contributed by atoms with van der Waals surface area (Å²) in [6.07, 6.45) is 0. The van der Waals surface area contributed by atoms with Crippen LogP contribution in [0.2, 0.25) is 0 Å². The predicted octanol–water partition coefficient (Wildman–Crippen LogP) is 3.79. The van der Waals surface area contributed by atoms with Gasteiger partial charge in [-0.1, -0.05) is 32.9 Å². The van der Waals surface area contributed by atoms with Crippen molar-refractivity contribution in [2.24, 2.45) is 0 Å². The Morgan fingerprint density at radius 3 is 2.08 bits per heavy atom. The van der Waals surface area contributed by atoms with E-state index in [1.165, 1.54) is 12.7 Å². The Balaban J connectivity index is 1.87. The van der Waals surface area contributed by atoms with E-state index in [9.17, 15) is 9.59 Å². The Kier molecular flexibility index (Phi) is 5.80. The zero-order valence-corrected chi connectivity index (χ0v) is 15.0. The topological polar surface area (TPSA) is 64.6 Å². The molecule has 25 heavy (non-hydrogen) atoms. The summed E-state index contributed by atoms with van der Waals surface area (Å²) in [5.41, 5.74) is 2.43. The van der Waals surface area contributed by atoms with Crippen molar-refractivity contribution in [1.82, 2.24) is 0 Å². The lowest BCUT2D eigenvalue weighted by Gasteiger charge is -2.19. The molecule has 5 nitrogen and oxygen atoms in total. The Labute approximate surface area is 148 Å². The van der Waals surface area contributed by atoms with E-state index in [0.29, 0.717) is 11.3 Å². The van der Waals surface area contributed by atoms with E-state index in [1.807, 2.05) is 24.3 Å². The van der Waals surface area contributed by atoms with Gasteiger partial charge in [0, 0.05) is 5.69 Å². The molecule has 0 saturated carbocycles. The van der Waals surface area contributed by atoms with Crippen molar-refractivity contribution in [2.75, 3.05) is 19.0 Å². The largest absolute Gasteiger partial charge is 0.484 e. The summed E-state index contributed by atoms with van der Waals surface area (Å²) in [5.74, 6) is -0.158. The molecule has 2 aromatic carbocycles. The van der Waals surface area contributed by atoms with Crippen molar-refractivity contribution < 1.29 is 19.1 Å². The zero-order chi connectivity index (χ0) is 18.4. The third-order valence-corrected chi connectivity index (χ3v) is 3.68. The van der Waals surface area contributed by atoms with Crippen LogP contribution in [0.15, 0.2) is 48.5 Å². The molecule has 0 fully saturated rings. The molecule has 0 aliphatic rings. The maximum absolute atomic E-state index is 12.0. The van der Waals surface area contributed by atoms with E-state index in [-0.39, 0.29) is 17.9 Å². The van der Waals surface area contributed by atoms with Gasteiger partial charge in [0.1, 0.15) is 5.75 Å². The number of anilines is 1. The van der Waals surface area contributed by atoms with E-state index in [1.54, 1.807) is 24.3 Å². The third kappa shape index (κ3) is 5.35. The van der Waals surface area contributed by atoms with Crippen LogP contribution in [0.3, 0.4) is 0 Å². The van der Waals surface area contributed by atoms with Gasteiger partial charge in [0.05, 0.1) is 12.7 Å². The van der Waals surface area contributed by atoms with E-state index in [2.05, 4.69) is 30.8 Å². The van der Waals surface area contributed by atoms with Crippen LogP contribution < -0.4 is 10.1 Å². The van der Waals surface area contributed by atoms with Crippen LogP contribution in [0.25, 0.3) is 0 Å². The first kappa shape index (κ1) is 18.5. The van der Waals surface area contributed by atoms with Gasteiger partial charge in [0.25, 0.3) is 5.91 Å². The molecule has 0 unspecified atom stereocenters. The molecule has 0 bridgehead atoms. The van der Waals surface area contributed by atoms with Gasteiger partial charge in [-0.15, -0.1) is 0 Å². The number of benzene rings is 2. The molecule has 2 aromatic rings. The van der Waals surface area contributed by atoms with Crippen molar-refractivity contribution in [2.45, 2.75) is 26.2 Å². The first-order valence-corrected chi connectivity index (χ1v) is 8.01. The van der Waals surface area contributed by atoms with Crippen LogP contribution >= 0.6 is 0 Å². The summed E-state index contributed by atoms with van der Waals surface area (Å²) in [5, 5.41) is 2.79. The summed E-state index contributed by atoms with van der Waals surface area (Å²) >= 11 is 0. The minimum absolute atomic E-state index is 0.0714. The molecule has 0 atom stereocenters. The number of amides is 1. The molecule has 5 heteroatoms. The van der Waals surface area contributed by atoms with E-state index >= 15 is 0 Å². The second-order valence-corrected chi connectivity index (χ2v) is 6.68. The molecule has 1 N–H and O–H groups in total. The minimum atomic E-state index is -0.414. The summed E-state index contributed by atoms with van der Waals surface area (Å²) in [4.78, 5) is 23.3. The van der Waals surface area contributed by atoms with Gasteiger partial charge in [0.15, 0.2) is 6.61 Å². The second-order valence-electron chi connectivity index (χ2n) is 6.68. The fraction of sp³-hybridized carbons (Fsp3) is 0.300. The molecule has 0 aliphatic carbocycles. The molecular weight excluding hydrogens is 318 g/mol. The molecule has 0 saturated heterocycles. The van der Waals surface area contributed by atoms with Crippen LogP contribution in [-0.4, -0.2) is 25.6 Å². The number of ether oxygens (including phenoxy) is 2. The molecular formula is C20H23NO4. The number of methoxy groups -OCH3 is 1. The van der Waals surface area contributed by atoms with Gasteiger partial charge in [-0.2, -0.15) is 0 Å². The number of nitrogens with one attached hydrogen (secondary N) is 1. The lowest BCUT2D eigenvalue weighted by Crippen LogP contribution is -2.20. The molecule has 132 valence electrons. The summed E-state index contributed by atoms with van der Waals surface area (Å²) in [6.45, 7) is 6.30. The highest BCUT2D eigenvalue weighted by Gasteiger charge is 2.13. The maximum atomic E-state index is 12.0. The molecule has 0 aromatic heterocycles. The molecule has 2 rings (SSSR count). The van der Waals surface area contributed by atoms with Gasteiger partial charge in [-0.3, -0.25) is 4.79 Å². The lowest BCUT2D eigenvalue weighted by atomic mass is 9.87.